The van der Waals surface area contributed by atoms with Gasteiger partial charge in [-0.2, -0.15) is 0 Å². The van der Waals surface area contributed by atoms with E-state index < -0.39 is 5.97 Å². The van der Waals surface area contributed by atoms with Crippen LogP contribution >= 0.6 is 0 Å². The molecule has 92 valence electrons. The normalized spacial score (nSPS) is 10.5. The van der Waals surface area contributed by atoms with Gasteiger partial charge >= 0.3 is 5.97 Å². The highest BCUT2D eigenvalue weighted by Gasteiger charge is 2.12. The SMILES string of the molecule is O=C(O)c1nc(-c2ccccc2)cc2ccccc12. The zero-order valence-electron chi connectivity index (χ0n) is 10.1. The predicted molar refractivity (Wildman–Crippen MR) is 74.1 cm³/mol. The number of pyridine rings is 1. The molecule has 3 nitrogen and oxygen atoms in total. The van der Waals surface area contributed by atoms with E-state index in [-0.39, 0.29) is 5.69 Å². The Morgan fingerprint density at radius 3 is 2.37 bits per heavy atom. The van der Waals surface area contributed by atoms with Crippen LogP contribution in [0, 0.1) is 0 Å². The minimum absolute atomic E-state index is 0.0944. The molecular formula is C16H11NO2. The summed E-state index contributed by atoms with van der Waals surface area (Å²) in [6.07, 6.45) is 0. The van der Waals surface area contributed by atoms with Crippen molar-refractivity contribution in [3.05, 3.63) is 66.4 Å². The zero-order chi connectivity index (χ0) is 13.2. The van der Waals surface area contributed by atoms with Crippen LogP contribution in [0.25, 0.3) is 22.0 Å². The van der Waals surface area contributed by atoms with Crippen molar-refractivity contribution in [2.75, 3.05) is 0 Å². The van der Waals surface area contributed by atoms with Gasteiger partial charge in [0.1, 0.15) is 0 Å². The van der Waals surface area contributed by atoms with Crippen molar-refractivity contribution >= 4 is 16.7 Å². The Hall–Kier alpha value is -2.68. The molecule has 0 aliphatic carbocycles. The first-order chi connectivity index (χ1) is 9.25. The van der Waals surface area contributed by atoms with Crippen molar-refractivity contribution in [2.24, 2.45) is 0 Å². The number of aromatic nitrogens is 1. The number of carbonyl (C=O) groups is 1. The lowest BCUT2D eigenvalue weighted by Crippen LogP contribution is -2.02. The summed E-state index contributed by atoms with van der Waals surface area (Å²) in [7, 11) is 0. The topological polar surface area (TPSA) is 50.2 Å². The lowest BCUT2D eigenvalue weighted by Gasteiger charge is -2.06. The monoisotopic (exact) mass is 249 g/mol. The smallest absolute Gasteiger partial charge is 0.355 e. The summed E-state index contributed by atoms with van der Waals surface area (Å²) in [5, 5.41) is 10.8. The maximum absolute atomic E-state index is 11.3. The molecule has 0 atom stereocenters. The molecule has 2 aromatic carbocycles. The Labute approximate surface area is 110 Å². The molecule has 3 aromatic rings. The molecule has 0 saturated carbocycles. The van der Waals surface area contributed by atoms with E-state index in [4.69, 9.17) is 0 Å². The Bertz CT molecular complexity index is 751. The van der Waals surface area contributed by atoms with Crippen LogP contribution < -0.4 is 0 Å². The van der Waals surface area contributed by atoms with Gasteiger partial charge in [-0.1, -0.05) is 54.6 Å². The second-order valence-electron chi connectivity index (χ2n) is 4.25. The third kappa shape index (κ3) is 2.06. The second-order valence-corrected chi connectivity index (χ2v) is 4.25. The summed E-state index contributed by atoms with van der Waals surface area (Å²) >= 11 is 0. The third-order valence-electron chi connectivity index (χ3n) is 3.01. The highest BCUT2D eigenvalue weighted by Crippen LogP contribution is 2.24. The largest absolute Gasteiger partial charge is 0.476 e. The van der Waals surface area contributed by atoms with Crippen molar-refractivity contribution in [2.45, 2.75) is 0 Å². The summed E-state index contributed by atoms with van der Waals surface area (Å²) in [5.41, 5.74) is 1.68. The summed E-state index contributed by atoms with van der Waals surface area (Å²) in [5.74, 6) is -1.01. The molecule has 19 heavy (non-hydrogen) atoms. The molecule has 0 radical (unpaired) electrons. The van der Waals surface area contributed by atoms with Gasteiger partial charge in [-0.3, -0.25) is 0 Å². The fourth-order valence-electron chi connectivity index (χ4n) is 2.12. The van der Waals surface area contributed by atoms with Gasteiger partial charge in [0.2, 0.25) is 0 Å². The van der Waals surface area contributed by atoms with E-state index >= 15 is 0 Å². The summed E-state index contributed by atoms with van der Waals surface area (Å²) in [6, 6.07) is 18.9. The first kappa shape index (κ1) is 11.4. The van der Waals surface area contributed by atoms with Gasteiger partial charge in [0.25, 0.3) is 0 Å². The number of fused-ring (bicyclic) bond motifs is 1. The number of nitrogens with zero attached hydrogens (tertiary/aromatic N) is 1. The average molecular weight is 249 g/mol. The molecule has 0 aliphatic heterocycles. The van der Waals surface area contributed by atoms with Crippen LogP contribution in [0.4, 0.5) is 0 Å². The van der Waals surface area contributed by atoms with Crippen molar-refractivity contribution in [1.29, 1.82) is 0 Å². The molecule has 3 heteroatoms. The molecule has 0 amide bonds. The Balaban J connectivity index is 2.31. The standard InChI is InChI=1S/C16H11NO2/c18-16(19)15-13-9-5-4-8-12(13)10-14(17-15)11-6-2-1-3-7-11/h1-10H,(H,18,19). The average Bonchev–Trinajstić information content (AvgIpc) is 2.47. The molecule has 3 rings (SSSR count). The molecule has 0 unspecified atom stereocenters. The third-order valence-corrected chi connectivity index (χ3v) is 3.01. The fourth-order valence-corrected chi connectivity index (χ4v) is 2.12. The van der Waals surface area contributed by atoms with E-state index in [2.05, 4.69) is 4.98 Å². The summed E-state index contributed by atoms with van der Waals surface area (Å²) in [4.78, 5) is 15.6. The molecule has 0 bridgehead atoms. The van der Waals surface area contributed by atoms with Gasteiger partial charge in [-0.05, 0) is 11.5 Å². The van der Waals surface area contributed by atoms with Gasteiger partial charge in [-0.25, -0.2) is 9.78 Å². The van der Waals surface area contributed by atoms with E-state index in [1.165, 1.54) is 0 Å². The molecule has 1 aromatic heterocycles. The fraction of sp³-hybridized carbons (Fsp3) is 0. The first-order valence-electron chi connectivity index (χ1n) is 5.94. The predicted octanol–water partition coefficient (Wildman–Crippen LogP) is 3.60. The van der Waals surface area contributed by atoms with Crippen molar-refractivity contribution < 1.29 is 9.90 Å². The summed E-state index contributed by atoms with van der Waals surface area (Å²) < 4.78 is 0. The van der Waals surface area contributed by atoms with E-state index in [1.54, 1.807) is 6.07 Å². The van der Waals surface area contributed by atoms with E-state index in [9.17, 15) is 9.90 Å². The summed E-state index contributed by atoms with van der Waals surface area (Å²) in [6.45, 7) is 0. The highest BCUT2D eigenvalue weighted by atomic mass is 16.4. The van der Waals surface area contributed by atoms with Crippen molar-refractivity contribution in [1.82, 2.24) is 4.98 Å². The minimum atomic E-state index is -1.01. The molecule has 1 heterocycles. The second kappa shape index (κ2) is 4.53. The minimum Gasteiger partial charge on any atom is -0.476 e. The quantitative estimate of drug-likeness (QED) is 0.754. The van der Waals surface area contributed by atoms with Crippen LogP contribution in [0.2, 0.25) is 0 Å². The van der Waals surface area contributed by atoms with Gasteiger partial charge in [0.15, 0.2) is 5.69 Å². The molecule has 0 saturated heterocycles. The molecule has 0 aliphatic rings. The van der Waals surface area contributed by atoms with E-state index in [0.717, 1.165) is 10.9 Å². The number of rotatable bonds is 2. The van der Waals surface area contributed by atoms with Crippen LogP contribution in [0.5, 0.6) is 0 Å². The number of benzene rings is 2. The number of aromatic carboxylic acids is 1. The first-order valence-corrected chi connectivity index (χ1v) is 5.94. The van der Waals surface area contributed by atoms with Crippen LogP contribution in [0.1, 0.15) is 10.5 Å². The zero-order valence-corrected chi connectivity index (χ0v) is 10.1. The number of hydrogen-bond acceptors (Lipinski definition) is 2. The number of hydrogen-bond donors (Lipinski definition) is 1. The molecule has 1 N–H and O–H groups in total. The van der Waals surface area contributed by atoms with Gasteiger partial charge in [-0.15, -0.1) is 0 Å². The van der Waals surface area contributed by atoms with Gasteiger partial charge in [0, 0.05) is 10.9 Å². The number of carboxylic acid groups (broad SMARTS) is 1. The lowest BCUT2D eigenvalue weighted by molar-refractivity contribution is 0.0693. The highest BCUT2D eigenvalue weighted by molar-refractivity contribution is 6.03. The van der Waals surface area contributed by atoms with Crippen molar-refractivity contribution in [3.63, 3.8) is 0 Å². The van der Waals surface area contributed by atoms with E-state index in [0.29, 0.717) is 11.1 Å². The van der Waals surface area contributed by atoms with Gasteiger partial charge in [0.05, 0.1) is 5.69 Å². The molecule has 0 spiro atoms. The van der Waals surface area contributed by atoms with Crippen LogP contribution in [-0.4, -0.2) is 16.1 Å². The Morgan fingerprint density at radius 2 is 1.63 bits per heavy atom. The van der Waals surface area contributed by atoms with E-state index in [1.807, 2.05) is 54.6 Å². The molecule has 0 fully saturated rings. The van der Waals surface area contributed by atoms with Crippen molar-refractivity contribution in [3.8, 4) is 11.3 Å². The van der Waals surface area contributed by atoms with Gasteiger partial charge < -0.3 is 5.11 Å². The number of carboxylic acids is 1. The van der Waals surface area contributed by atoms with Crippen LogP contribution in [0.15, 0.2) is 60.7 Å². The Kier molecular flexibility index (Phi) is 2.72. The van der Waals surface area contributed by atoms with Crippen LogP contribution in [0.3, 0.4) is 0 Å². The lowest BCUT2D eigenvalue weighted by atomic mass is 10.0. The Morgan fingerprint density at radius 1 is 0.947 bits per heavy atom. The van der Waals surface area contributed by atoms with Crippen LogP contribution in [-0.2, 0) is 0 Å². The maximum Gasteiger partial charge on any atom is 0.355 e. The maximum atomic E-state index is 11.3. The molecular weight excluding hydrogens is 238 g/mol.